The molecule has 4 aromatic rings. The molecule has 2 aliphatic rings. The SMILES string of the molecule is CN(C)CCN1CCn2c(c(C3CCCCC3)c3ccc(C(=O)O)cc32)-c2ccc(OCc3cccc(N)c3)cc21. The number of aromatic nitrogens is 1. The number of hydrogen-bond donors (Lipinski definition) is 2. The molecule has 0 atom stereocenters. The molecule has 6 rings (SSSR count). The molecule has 0 spiro atoms. The highest BCUT2D eigenvalue weighted by atomic mass is 16.5. The number of nitrogens with zero attached hydrogens (tertiary/aromatic N) is 3. The van der Waals surface area contributed by atoms with Gasteiger partial charge in [0.25, 0.3) is 0 Å². The molecule has 0 radical (unpaired) electrons. The summed E-state index contributed by atoms with van der Waals surface area (Å²) in [6.45, 7) is 3.90. The van der Waals surface area contributed by atoms with Crippen LogP contribution in [0.1, 0.15) is 59.5 Å². The van der Waals surface area contributed by atoms with E-state index in [0.29, 0.717) is 18.1 Å². The molecule has 1 aromatic heterocycles. The second kappa shape index (κ2) is 11.5. The third-order valence-electron chi connectivity index (χ3n) is 8.70. The van der Waals surface area contributed by atoms with Crippen LogP contribution in [0, 0.1) is 0 Å². The van der Waals surface area contributed by atoms with E-state index < -0.39 is 5.97 Å². The molecule has 0 unspecified atom stereocenters. The third kappa shape index (κ3) is 5.51. The number of fused-ring (bicyclic) bond motifs is 5. The highest BCUT2D eigenvalue weighted by Crippen LogP contribution is 2.48. The van der Waals surface area contributed by atoms with Crippen LogP contribution in [0.25, 0.3) is 22.2 Å². The fourth-order valence-electron chi connectivity index (χ4n) is 6.64. The Bertz CT molecular complexity index is 1570. The maximum atomic E-state index is 12.0. The van der Waals surface area contributed by atoms with Crippen molar-refractivity contribution in [3.05, 3.63) is 77.4 Å². The zero-order chi connectivity index (χ0) is 28.5. The van der Waals surface area contributed by atoms with E-state index in [1.807, 2.05) is 30.3 Å². The predicted octanol–water partition coefficient (Wildman–Crippen LogP) is 6.60. The number of carboxylic acids is 1. The summed E-state index contributed by atoms with van der Waals surface area (Å²) in [5, 5.41) is 11.0. The minimum Gasteiger partial charge on any atom is -0.489 e. The van der Waals surface area contributed by atoms with Crippen LogP contribution in [0.15, 0.2) is 60.7 Å². The summed E-state index contributed by atoms with van der Waals surface area (Å²) in [4.78, 5) is 16.6. The smallest absolute Gasteiger partial charge is 0.335 e. The minimum absolute atomic E-state index is 0.340. The van der Waals surface area contributed by atoms with E-state index >= 15 is 0 Å². The van der Waals surface area contributed by atoms with Gasteiger partial charge in [0.2, 0.25) is 0 Å². The first-order valence-corrected chi connectivity index (χ1v) is 14.8. The topological polar surface area (TPSA) is 84.0 Å². The van der Waals surface area contributed by atoms with Crippen LogP contribution < -0.4 is 15.4 Å². The second-order valence-electron chi connectivity index (χ2n) is 11.8. The molecule has 1 fully saturated rings. The van der Waals surface area contributed by atoms with Gasteiger partial charge < -0.3 is 29.9 Å². The van der Waals surface area contributed by atoms with Crippen LogP contribution in [0.5, 0.6) is 5.75 Å². The van der Waals surface area contributed by atoms with Crippen LogP contribution in [0.3, 0.4) is 0 Å². The molecule has 1 aliphatic carbocycles. The van der Waals surface area contributed by atoms with Gasteiger partial charge in [0.15, 0.2) is 0 Å². The van der Waals surface area contributed by atoms with E-state index in [0.717, 1.165) is 48.7 Å². The Balaban J connectivity index is 1.49. The largest absolute Gasteiger partial charge is 0.489 e. The van der Waals surface area contributed by atoms with Gasteiger partial charge in [-0.25, -0.2) is 4.79 Å². The molecule has 2 heterocycles. The molecule has 0 bridgehead atoms. The van der Waals surface area contributed by atoms with E-state index in [9.17, 15) is 9.90 Å². The van der Waals surface area contributed by atoms with Crippen molar-refractivity contribution >= 4 is 28.2 Å². The maximum Gasteiger partial charge on any atom is 0.335 e. The summed E-state index contributed by atoms with van der Waals surface area (Å²) in [7, 11) is 4.21. The van der Waals surface area contributed by atoms with Gasteiger partial charge in [0.05, 0.1) is 11.3 Å². The number of ether oxygens (including phenoxy) is 1. The number of hydrogen-bond acceptors (Lipinski definition) is 5. The average Bonchev–Trinajstić information content (AvgIpc) is 3.20. The summed E-state index contributed by atoms with van der Waals surface area (Å²) in [5.41, 5.74) is 14.1. The predicted molar refractivity (Wildman–Crippen MR) is 166 cm³/mol. The molecule has 1 aliphatic heterocycles. The molecule has 214 valence electrons. The van der Waals surface area contributed by atoms with Crippen molar-refractivity contribution in [2.75, 3.05) is 44.4 Å². The number of carbonyl (C=O) groups is 1. The number of carboxylic acid groups (broad SMARTS) is 1. The molecule has 3 aromatic carbocycles. The number of nitrogens with two attached hydrogens (primary N) is 1. The van der Waals surface area contributed by atoms with Crippen LogP contribution in [-0.4, -0.2) is 54.3 Å². The Kier molecular flexibility index (Phi) is 7.63. The van der Waals surface area contributed by atoms with Crippen molar-refractivity contribution in [3.63, 3.8) is 0 Å². The van der Waals surface area contributed by atoms with Gasteiger partial charge in [-0.05, 0) is 80.4 Å². The first-order valence-electron chi connectivity index (χ1n) is 14.8. The standard InChI is InChI=1S/C34H40N4O3/c1-36(2)15-16-37-17-18-38-31-20-25(34(39)40)11-13-28(31)32(24-8-4-3-5-9-24)33(38)29-14-12-27(21-30(29)37)41-22-23-7-6-10-26(35)19-23/h6-7,10-14,19-21,24H,3-5,8-9,15-18,22,35H2,1-2H3,(H,39,40). The highest BCUT2D eigenvalue weighted by Gasteiger charge is 2.31. The summed E-state index contributed by atoms with van der Waals surface area (Å²) in [6, 6.07) is 20.0. The maximum absolute atomic E-state index is 12.0. The van der Waals surface area contributed by atoms with Crippen molar-refractivity contribution in [2.24, 2.45) is 0 Å². The molecule has 0 saturated heterocycles. The van der Waals surface area contributed by atoms with Crippen molar-refractivity contribution in [1.29, 1.82) is 0 Å². The Hall–Kier alpha value is -3.97. The zero-order valence-corrected chi connectivity index (χ0v) is 24.1. The number of anilines is 2. The lowest BCUT2D eigenvalue weighted by molar-refractivity contribution is 0.0697. The van der Waals surface area contributed by atoms with Crippen LogP contribution in [-0.2, 0) is 13.2 Å². The van der Waals surface area contributed by atoms with E-state index in [1.54, 1.807) is 6.07 Å². The lowest BCUT2D eigenvalue weighted by Gasteiger charge is -2.27. The highest BCUT2D eigenvalue weighted by molar-refractivity contribution is 5.99. The summed E-state index contributed by atoms with van der Waals surface area (Å²) >= 11 is 0. The van der Waals surface area contributed by atoms with Gasteiger partial charge >= 0.3 is 5.97 Å². The molecule has 7 heteroatoms. The number of rotatable bonds is 8. The Morgan fingerprint density at radius 1 is 1.02 bits per heavy atom. The Morgan fingerprint density at radius 2 is 1.85 bits per heavy atom. The summed E-state index contributed by atoms with van der Waals surface area (Å²) < 4.78 is 8.70. The second-order valence-corrected chi connectivity index (χ2v) is 11.8. The van der Waals surface area contributed by atoms with Gasteiger partial charge in [-0.1, -0.05) is 37.5 Å². The zero-order valence-electron chi connectivity index (χ0n) is 24.1. The van der Waals surface area contributed by atoms with E-state index in [2.05, 4.69) is 52.7 Å². The van der Waals surface area contributed by atoms with E-state index in [1.165, 1.54) is 60.0 Å². The number of benzene rings is 3. The lowest BCUT2D eigenvalue weighted by atomic mass is 9.81. The summed E-state index contributed by atoms with van der Waals surface area (Å²) in [6.07, 6.45) is 6.11. The lowest BCUT2D eigenvalue weighted by Crippen LogP contribution is -2.33. The Morgan fingerprint density at radius 3 is 2.61 bits per heavy atom. The van der Waals surface area contributed by atoms with Crippen LogP contribution in [0.2, 0.25) is 0 Å². The van der Waals surface area contributed by atoms with E-state index in [-0.39, 0.29) is 0 Å². The van der Waals surface area contributed by atoms with Crippen molar-refractivity contribution < 1.29 is 14.6 Å². The van der Waals surface area contributed by atoms with Crippen molar-refractivity contribution in [1.82, 2.24) is 9.47 Å². The van der Waals surface area contributed by atoms with Gasteiger partial charge in [0.1, 0.15) is 12.4 Å². The van der Waals surface area contributed by atoms with Gasteiger partial charge in [-0.15, -0.1) is 0 Å². The summed E-state index contributed by atoms with van der Waals surface area (Å²) in [5.74, 6) is 0.419. The third-order valence-corrected chi connectivity index (χ3v) is 8.70. The van der Waals surface area contributed by atoms with Gasteiger partial charge in [-0.3, -0.25) is 0 Å². The molecule has 0 amide bonds. The average molecular weight is 553 g/mol. The number of likely N-dealkylation sites (N-methyl/N-ethyl adjacent to an activating group) is 1. The van der Waals surface area contributed by atoms with Crippen molar-refractivity contribution in [3.8, 4) is 17.0 Å². The molecule has 7 nitrogen and oxygen atoms in total. The monoisotopic (exact) mass is 552 g/mol. The molecule has 1 saturated carbocycles. The number of aromatic carboxylic acids is 1. The fourth-order valence-corrected chi connectivity index (χ4v) is 6.64. The first kappa shape index (κ1) is 27.2. The normalized spacial score (nSPS) is 15.5. The quantitative estimate of drug-likeness (QED) is 0.240. The minimum atomic E-state index is -0.884. The fraction of sp³-hybridized carbons (Fsp3) is 0.382. The van der Waals surface area contributed by atoms with Crippen molar-refractivity contribution in [2.45, 2.75) is 51.2 Å². The van der Waals surface area contributed by atoms with Crippen LogP contribution in [0.4, 0.5) is 11.4 Å². The van der Waals surface area contributed by atoms with Crippen LogP contribution >= 0.6 is 0 Å². The number of nitrogen functional groups attached to an aromatic ring is 1. The molecule has 3 N–H and O–H groups in total. The van der Waals surface area contributed by atoms with Gasteiger partial charge in [-0.2, -0.15) is 0 Å². The first-order chi connectivity index (χ1) is 19.9. The van der Waals surface area contributed by atoms with Gasteiger partial charge in [0, 0.05) is 60.1 Å². The molecular weight excluding hydrogens is 512 g/mol. The molecule has 41 heavy (non-hydrogen) atoms. The molecular formula is C34H40N4O3. The van der Waals surface area contributed by atoms with E-state index in [4.69, 9.17) is 10.5 Å². The Labute approximate surface area is 242 Å².